The molecule has 1 aromatic heterocycles. The van der Waals surface area contributed by atoms with E-state index in [0.29, 0.717) is 30.2 Å². The molecule has 1 saturated carbocycles. The van der Waals surface area contributed by atoms with Gasteiger partial charge in [-0.15, -0.1) is 0 Å². The average molecular weight is 413 g/mol. The first-order valence-corrected chi connectivity index (χ1v) is 10.7. The maximum atomic E-state index is 13.2. The Kier molecular flexibility index (Phi) is 5.69. The van der Waals surface area contributed by atoms with Crippen LogP contribution in [-0.4, -0.2) is 34.1 Å². The highest BCUT2D eigenvalue weighted by Crippen LogP contribution is 2.36. The molecule has 1 aliphatic carbocycles. The smallest absolute Gasteiger partial charge is 0.293 e. The maximum absolute atomic E-state index is 13.2. The highest BCUT2D eigenvalue weighted by Gasteiger charge is 2.39. The Morgan fingerprint density at radius 2 is 1.87 bits per heavy atom. The van der Waals surface area contributed by atoms with Crippen molar-refractivity contribution in [2.45, 2.75) is 63.8 Å². The van der Waals surface area contributed by atoms with E-state index in [1.165, 1.54) is 6.07 Å². The van der Waals surface area contributed by atoms with Crippen LogP contribution in [0.3, 0.4) is 0 Å². The summed E-state index contributed by atoms with van der Waals surface area (Å²) >= 11 is 0. The predicted molar refractivity (Wildman–Crippen MR) is 110 cm³/mol. The summed E-state index contributed by atoms with van der Waals surface area (Å²) in [5.74, 6) is 0.585. The topological polar surface area (TPSA) is 114 Å². The summed E-state index contributed by atoms with van der Waals surface area (Å²) in [4.78, 5) is 30.9. The Morgan fingerprint density at radius 1 is 1.17 bits per heavy atom. The van der Waals surface area contributed by atoms with Crippen molar-refractivity contribution < 1.29 is 14.2 Å². The number of rotatable bonds is 5. The van der Waals surface area contributed by atoms with Gasteiger partial charge in [-0.2, -0.15) is 4.98 Å². The second-order valence-corrected chi connectivity index (χ2v) is 8.24. The lowest BCUT2D eigenvalue weighted by Gasteiger charge is -2.30. The number of nitro groups is 1. The van der Waals surface area contributed by atoms with Crippen molar-refractivity contribution in [2.75, 3.05) is 18.0 Å². The molecule has 160 valence electrons. The molecule has 1 N–H and O–H groups in total. The van der Waals surface area contributed by atoms with Gasteiger partial charge in [-0.3, -0.25) is 14.9 Å². The van der Waals surface area contributed by atoms with Crippen LogP contribution >= 0.6 is 0 Å². The number of benzene rings is 1. The standard InChI is InChI=1S/C21H27N5O4/c1-15-22-20(24-30-15)21(10-4-2-3-5-11-21)23-19(27)16-8-9-17(18(14-16)26(28)29)25-12-6-7-13-25/h8-9,14H,2-7,10-13H2,1H3,(H,23,27). The number of hydrogen-bond acceptors (Lipinski definition) is 7. The van der Waals surface area contributed by atoms with Crippen molar-refractivity contribution in [3.8, 4) is 0 Å². The van der Waals surface area contributed by atoms with Gasteiger partial charge in [0.05, 0.1) is 4.92 Å². The molecular formula is C21H27N5O4. The van der Waals surface area contributed by atoms with Gasteiger partial charge < -0.3 is 14.7 Å². The zero-order chi connectivity index (χ0) is 21.1. The minimum absolute atomic E-state index is 0.0325. The molecule has 2 fully saturated rings. The number of nitrogens with one attached hydrogen (secondary N) is 1. The molecule has 1 aliphatic heterocycles. The van der Waals surface area contributed by atoms with Crippen molar-refractivity contribution in [3.05, 3.63) is 45.6 Å². The van der Waals surface area contributed by atoms with Crippen LogP contribution in [-0.2, 0) is 5.54 Å². The fraction of sp³-hybridized carbons (Fsp3) is 0.571. The van der Waals surface area contributed by atoms with Gasteiger partial charge in [-0.05, 0) is 37.8 Å². The summed E-state index contributed by atoms with van der Waals surface area (Å²) in [6.45, 7) is 3.32. The predicted octanol–water partition coefficient (Wildman–Crippen LogP) is 3.87. The third-order valence-electron chi connectivity index (χ3n) is 6.15. The van der Waals surface area contributed by atoms with E-state index in [1.54, 1.807) is 19.1 Å². The van der Waals surface area contributed by atoms with Gasteiger partial charge in [0, 0.05) is 31.6 Å². The number of nitrogens with zero attached hydrogens (tertiary/aromatic N) is 4. The average Bonchev–Trinajstić information content (AvgIpc) is 3.36. The van der Waals surface area contributed by atoms with E-state index in [0.717, 1.165) is 51.6 Å². The number of anilines is 1. The number of carbonyl (C=O) groups excluding carboxylic acids is 1. The maximum Gasteiger partial charge on any atom is 0.293 e. The molecule has 9 nitrogen and oxygen atoms in total. The molecule has 1 amide bonds. The molecule has 2 aliphatic rings. The lowest BCUT2D eigenvalue weighted by Crippen LogP contribution is -2.46. The zero-order valence-corrected chi connectivity index (χ0v) is 17.2. The third kappa shape index (κ3) is 4.01. The van der Waals surface area contributed by atoms with E-state index in [4.69, 9.17) is 4.52 Å². The van der Waals surface area contributed by atoms with Crippen LogP contribution in [0, 0.1) is 17.0 Å². The number of nitro benzene ring substituents is 1. The number of carbonyl (C=O) groups is 1. The second kappa shape index (κ2) is 8.41. The summed E-state index contributed by atoms with van der Waals surface area (Å²) in [6.07, 6.45) is 7.54. The van der Waals surface area contributed by atoms with Crippen LogP contribution in [0.4, 0.5) is 11.4 Å². The monoisotopic (exact) mass is 413 g/mol. The summed E-state index contributed by atoms with van der Waals surface area (Å²) in [5, 5.41) is 18.9. The molecule has 0 radical (unpaired) electrons. The van der Waals surface area contributed by atoms with Gasteiger partial charge in [-0.25, -0.2) is 0 Å². The van der Waals surface area contributed by atoms with Crippen molar-refractivity contribution in [3.63, 3.8) is 0 Å². The van der Waals surface area contributed by atoms with Gasteiger partial charge in [0.1, 0.15) is 11.2 Å². The molecule has 0 bridgehead atoms. The van der Waals surface area contributed by atoms with E-state index in [1.807, 2.05) is 4.90 Å². The van der Waals surface area contributed by atoms with E-state index in [-0.39, 0.29) is 17.2 Å². The molecular weight excluding hydrogens is 386 g/mol. The highest BCUT2D eigenvalue weighted by atomic mass is 16.6. The van der Waals surface area contributed by atoms with Crippen LogP contribution in [0.5, 0.6) is 0 Å². The molecule has 30 heavy (non-hydrogen) atoms. The fourth-order valence-corrected chi connectivity index (χ4v) is 4.56. The second-order valence-electron chi connectivity index (χ2n) is 8.24. The fourth-order valence-electron chi connectivity index (χ4n) is 4.56. The Hall–Kier alpha value is -2.97. The van der Waals surface area contributed by atoms with Crippen LogP contribution < -0.4 is 10.2 Å². The first-order valence-electron chi connectivity index (χ1n) is 10.7. The highest BCUT2D eigenvalue weighted by molar-refractivity contribution is 5.96. The lowest BCUT2D eigenvalue weighted by atomic mass is 9.88. The SMILES string of the molecule is Cc1nc(C2(NC(=O)c3ccc(N4CCCC4)c([N+](=O)[O-])c3)CCCCCC2)no1. The number of hydrogen-bond donors (Lipinski definition) is 1. The van der Waals surface area contributed by atoms with Gasteiger partial charge in [0.25, 0.3) is 11.6 Å². The van der Waals surface area contributed by atoms with Crippen LogP contribution in [0.15, 0.2) is 22.7 Å². The third-order valence-corrected chi connectivity index (χ3v) is 6.15. The molecule has 2 heterocycles. The molecule has 2 aromatic rings. The largest absolute Gasteiger partial charge is 0.366 e. The summed E-state index contributed by atoms with van der Waals surface area (Å²) in [5.41, 5.74) is 0.101. The van der Waals surface area contributed by atoms with Gasteiger partial charge >= 0.3 is 0 Å². The minimum atomic E-state index is -0.715. The molecule has 1 aromatic carbocycles. The molecule has 1 saturated heterocycles. The van der Waals surface area contributed by atoms with E-state index >= 15 is 0 Å². The number of aryl methyl sites for hydroxylation is 1. The van der Waals surface area contributed by atoms with Gasteiger partial charge in [-0.1, -0.05) is 30.8 Å². The van der Waals surface area contributed by atoms with Gasteiger partial charge in [0.15, 0.2) is 5.82 Å². The van der Waals surface area contributed by atoms with Crippen molar-refractivity contribution >= 4 is 17.3 Å². The molecule has 4 rings (SSSR count). The summed E-state index contributed by atoms with van der Waals surface area (Å²) < 4.78 is 5.19. The van der Waals surface area contributed by atoms with E-state index in [2.05, 4.69) is 15.5 Å². The molecule has 0 unspecified atom stereocenters. The Morgan fingerprint density at radius 3 is 2.47 bits per heavy atom. The summed E-state index contributed by atoms with van der Waals surface area (Å²) in [7, 11) is 0. The van der Waals surface area contributed by atoms with E-state index in [9.17, 15) is 14.9 Å². The van der Waals surface area contributed by atoms with E-state index < -0.39 is 10.5 Å². The molecule has 0 atom stereocenters. The first-order chi connectivity index (χ1) is 14.5. The van der Waals surface area contributed by atoms with Crippen molar-refractivity contribution in [1.29, 1.82) is 0 Å². The molecule has 9 heteroatoms. The first kappa shape index (κ1) is 20.3. The summed E-state index contributed by atoms with van der Waals surface area (Å²) in [6, 6.07) is 4.74. The number of amides is 1. The van der Waals surface area contributed by atoms with Crippen LogP contribution in [0.25, 0.3) is 0 Å². The van der Waals surface area contributed by atoms with Gasteiger partial charge in [0.2, 0.25) is 5.89 Å². The Bertz CT molecular complexity index is 927. The van der Waals surface area contributed by atoms with Crippen LogP contribution in [0.2, 0.25) is 0 Å². The van der Waals surface area contributed by atoms with Crippen LogP contribution in [0.1, 0.15) is 73.4 Å². The molecule has 0 spiro atoms. The normalized spacial score (nSPS) is 18.8. The quantitative estimate of drug-likeness (QED) is 0.449. The van der Waals surface area contributed by atoms with Crippen molar-refractivity contribution in [2.24, 2.45) is 0 Å². The lowest BCUT2D eigenvalue weighted by molar-refractivity contribution is -0.384. The Balaban J connectivity index is 1.64. The van der Waals surface area contributed by atoms with Crippen molar-refractivity contribution in [1.82, 2.24) is 15.5 Å². The Labute approximate surface area is 175 Å². The number of aromatic nitrogens is 2. The zero-order valence-electron chi connectivity index (χ0n) is 17.2. The minimum Gasteiger partial charge on any atom is -0.366 e.